The summed E-state index contributed by atoms with van der Waals surface area (Å²) in [5.41, 5.74) is -0.949. The number of H-pyrrole nitrogens is 1. The van der Waals surface area contributed by atoms with Crippen LogP contribution in [0.1, 0.15) is 17.0 Å². The van der Waals surface area contributed by atoms with E-state index in [2.05, 4.69) is 9.97 Å². The fourth-order valence-corrected chi connectivity index (χ4v) is 1.82. The first-order valence-electron chi connectivity index (χ1n) is 4.50. The number of rotatable bonds is 0. The molecule has 3 nitrogen and oxygen atoms in total. The van der Waals surface area contributed by atoms with Crippen LogP contribution in [0, 0.1) is 18.3 Å². The Bertz CT molecular complexity index is 637. The zero-order chi connectivity index (χ0) is 12.8. The van der Waals surface area contributed by atoms with Crippen molar-refractivity contribution < 1.29 is 13.2 Å². The molecule has 7 heteroatoms. The van der Waals surface area contributed by atoms with Crippen molar-refractivity contribution in [2.45, 2.75) is 13.1 Å². The number of alkyl halides is 3. The van der Waals surface area contributed by atoms with Crippen LogP contribution in [0.2, 0.25) is 5.02 Å². The lowest BCUT2D eigenvalue weighted by atomic mass is 10.2. The summed E-state index contributed by atoms with van der Waals surface area (Å²) in [4.78, 5) is 6.20. The molecule has 0 atom stereocenters. The van der Waals surface area contributed by atoms with Gasteiger partial charge in [0, 0.05) is 5.69 Å². The van der Waals surface area contributed by atoms with Crippen LogP contribution in [0.3, 0.4) is 0 Å². The number of aryl methyl sites for hydroxylation is 1. The van der Waals surface area contributed by atoms with Crippen molar-refractivity contribution in [2.75, 3.05) is 0 Å². The standard InChI is InChI=1S/C10H5ClF3N3/c1-4-2-6-8(16-4)7(11)5(3-15)9(17-6)10(12,13)14/h2,16H,1H3. The molecule has 2 aromatic rings. The summed E-state index contributed by atoms with van der Waals surface area (Å²) in [5.74, 6) is 0. The minimum Gasteiger partial charge on any atom is -0.356 e. The van der Waals surface area contributed by atoms with E-state index < -0.39 is 17.4 Å². The van der Waals surface area contributed by atoms with E-state index >= 15 is 0 Å². The van der Waals surface area contributed by atoms with Gasteiger partial charge in [-0.05, 0) is 13.0 Å². The first-order valence-corrected chi connectivity index (χ1v) is 4.88. The van der Waals surface area contributed by atoms with Crippen molar-refractivity contribution in [1.29, 1.82) is 5.26 Å². The van der Waals surface area contributed by atoms with Gasteiger partial charge in [-0.1, -0.05) is 11.6 Å². The quantitative estimate of drug-likeness (QED) is 0.788. The molecule has 0 spiro atoms. The highest BCUT2D eigenvalue weighted by Crippen LogP contribution is 2.36. The maximum absolute atomic E-state index is 12.7. The Morgan fingerprint density at radius 3 is 2.65 bits per heavy atom. The molecule has 2 rings (SSSR count). The molecule has 0 aliphatic carbocycles. The van der Waals surface area contributed by atoms with Crippen LogP contribution < -0.4 is 0 Å². The molecule has 0 aromatic carbocycles. The minimum atomic E-state index is -4.70. The summed E-state index contributed by atoms with van der Waals surface area (Å²) in [5, 5.41) is 8.49. The molecule has 0 bridgehead atoms. The van der Waals surface area contributed by atoms with Crippen LogP contribution in [0.15, 0.2) is 6.07 Å². The average molecular weight is 260 g/mol. The number of halogens is 4. The third kappa shape index (κ3) is 1.83. The van der Waals surface area contributed by atoms with Crippen LogP contribution in [0.4, 0.5) is 13.2 Å². The normalized spacial score (nSPS) is 11.8. The summed E-state index contributed by atoms with van der Waals surface area (Å²) in [6.45, 7) is 1.66. The zero-order valence-electron chi connectivity index (χ0n) is 8.48. The minimum absolute atomic E-state index is 0.0961. The summed E-state index contributed by atoms with van der Waals surface area (Å²) < 4.78 is 38.0. The van der Waals surface area contributed by atoms with Gasteiger partial charge < -0.3 is 4.98 Å². The Labute approximate surface area is 98.8 Å². The second-order valence-corrected chi connectivity index (χ2v) is 3.85. The molecular formula is C10H5ClF3N3. The van der Waals surface area contributed by atoms with Gasteiger partial charge in [-0.2, -0.15) is 18.4 Å². The number of aromatic nitrogens is 2. The fourth-order valence-electron chi connectivity index (χ4n) is 1.54. The largest absolute Gasteiger partial charge is 0.434 e. The monoisotopic (exact) mass is 259 g/mol. The third-order valence-electron chi connectivity index (χ3n) is 2.22. The first kappa shape index (κ1) is 11.7. The van der Waals surface area contributed by atoms with Crippen LogP contribution in [0.25, 0.3) is 11.0 Å². The van der Waals surface area contributed by atoms with Crippen molar-refractivity contribution in [2.24, 2.45) is 0 Å². The van der Waals surface area contributed by atoms with E-state index in [0.29, 0.717) is 5.69 Å². The number of nitriles is 1. The smallest absolute Gasteiger partial charge is 0.356 e. The third-order valence-corrected chi connectivity index (χ3v) is 2.60. The van der Waals surface area contributed by atoms with E-state index in [9.17, 15) is 13.2 Å². The van der Waals surface area contributed by atoms with Gasteiger partial charge in [0.25, 0.3) is 0 Å². The fraction of sp³-hybridized carbons (Fsp3) is 0.200. The van der Waals surface area contributed by atoms with Crippen LogP contribution in [0.5, 0.6) is 0 Å². The number of aromatic amines is 1. The van der Waals surface area contributed by atoms with E-state index in [0.717, 1.165) is 0 Å². The first-order chi connectivity index (χ1) is 7.84. The molecule has 0 saturated heterocycles. The lowest BCUT2D eigenvalue weighted by Gasteiger charge is -2.09. The molecular weight excluding hydrogens is 255 g/mol. The summed E-state index contributed by atoms with van der Waals surface area (Å²) in [6.07, 6.45) is -4.70. The molecule has 0 radical (unpaired) electrons. The maximum Gasteiger partial charge on any atom is 0.434 e. The highest BCUT2D eigenvalue weighted by molar-refractivity contribution is 6.36. The second-order valence-electron chi connectivity index (χ2n) is 3.47. The molecule has 17 heavy (non-hydrogen) atoms. The Balaban J connectivity index is 2.90. The number of fused-ring (bicyclic) bond motifs is 1. The van der Waals surface area contributed by atoms with Gasteiger partial charge in [-0.25, -0.2) is 4.98 Å². The number of nitrogens with one attached hydrogen (secondary N) is 1. The van der Waals surface area contributed by atoms with Gasteiger partial charge in [0.1, 0.15) is 11.6 Å². The topological polar surface area (TPSA) is 52.5 Å². The van der Waals surface area contributed by atoms with Crippen molar-refractivity contribution >= 4 is 22.6 Å². The molecule has 0 saturated carbocycles. The molecule has 0 fully saturated rings. The van der Waals surface area contributed by atoms with Crippen molar-refractivity contribution in [3.05, 3.63) is 28.0 Å². The Kier molecular flexibility index (Phi) is 2.51. The van der Waals surface area contributed by atoms with Gasteiger partial charge in [0.15, 0.2) is 5.69 Å². The van der Waals surface area contributed by atoms with Crippen molar-refractivity contribution in [3.8, 4) is 6.07 Å². The van der Waals surface area contributed by atoms with Crippen LogP contribution >= 0.6 is 11.6 Å². The van der Waals surface area contributed by atoms with Gasteiger partial charge in [0.2, 0.25) is 0 Å². The molecule has 0 aliphatic heterocycles. The van der Waals surface area contributed by atoms with Gasteiger partial charge in [-0.15, -0.1) is 0 Å². The van der Waals surface area contributed by atoms with E-state index in [-0.39, 0.29) is 16.1 Å². The zero-order valence-corrected chi connectivity index (χ0v) is 9.24. The van der Waals surface area contributed by atoms with Crippen molar-refractivity contribution in [1.82, 2.24) is 9.97 Å². The number of nitrogens with zero attached hydrogens (tertiary/aromatic N) is 2. The number of hydrogen-bond donors (Lipinski definition) is 1. The molecule has 88 valence electrons. The van der Waals surface area contributed by atoms with E-state index in [4.69, 9.17) is 16.9 Å². The summed E-state index contributed by atoms with van der Waals surface area (Å²) >= 11 is 5.77. The second kappa shape index (κ2) is 3.64. The molecule has 0 unspecified atom stereocenters. The van der Waals surface area contributed by atoms with E-state index in [1.165, 1.54) is 12.1 Å². The molecule has 0 amide bonds. The predicted molar refractivity (Wildman–Crippen MR) is 55.6 cm³/mol. The summed E-state index contributed by atoms with van der Waals surface area (Å²) in [7, 11) is 0. The Hall–Kier alpha value is -1.74. The van der Waals surface area contributed by atoms with Gasteiger partial charge >= 0.3 is 6.18 Å². The van der Waals surface area contributed by atoms with E-state index in [1.54, 1.807) is 6.92 Å². The number of pyridine rings is 1. The Morgan fingerprint density at radius 1 is 1.47 bits per heavy atom. The molecule has 1 N–H and O–H groups in total. The summed E-state index contributed by atoms with van der Waals surface area (Å²) in [6, 6.07) is 2.88. The van der Waals surface area contributed by atoms with Crippen LogP contribution in [-0.4, -0.2) is 9.97 Å². The highest BCUT2D eigenvalue weighted by atomic mass is 35.5. The SMILES string of the molecule is Cc1cc2nc(C(F)(F)F)c(C#N)c(Cl)c2[nH]1. The average Bonchev–Trinajstić information content (AvgIpc) is 2.57. The van der Waals surface area contributed by atoms with Gasteiger partial charge in [-0.3, -0.25) is 0 Å². The maximum atomic E-state index is 12.7. The van der Waals surface area contributed by atoms with Crippen molar-refractivity contribution in [3.63, 3.8) is 0 Å². The number of hydrogen-bond acceptors (Lipinski definition) is 2. The highest BCUT2D eigenvalue weighted by Gasteiger charge is 2.37. The molecule has 0 aliphatic rings. The predicted octanol–water partition coefficient (Wildman–Crippen LogP) is 3.42. The van der Waals surface area contributed by atoms with Gasteiger partial charge in [0.05, 0.1) is 16.1 Å². The Morgan fingerprint density at radius 2 is 2.12 bits per heavy atom. The lowest BCUT2D eigenvalue weighted by Crippen LogP contribution is -2.11. The lowest BCUT2D eigenvalue weighted by molar-refractivity contribution is -0.141. The van der Waals surface area contributed by atoms with Crippen LogP contribution in [-0.2, 0) is 6.18 Å². The molecule has 2 aromatic heterocycles. The molecule has 2 heterocycles. The van der Waals surface area contributed by atoms with E-state index in [1.807, 2.05) is 0 Å².